The van der Waals surface area contributed by atoms with Crippen molar-refractivity contribution in [2.45, 2.75) is 6.67 Å². The van der Waals surface area contributed by atoms with E-state index in [1.165, 1.54) is 4.57 Å². The van der Waals surface area contributed by atoms with Crippen molar-refractivity contribution < 1.29 is 0 Å². The number of fused-ring (bicyclic) bond motifs is 1. The molecule has 0 amide bonds. The van der Waals surface area contributed by atoms with E-state index in [0.717, 1.165) is 0 Å². The predicted molar refractivity (Wildman–Crippen MR) is 60.2 cm³/mol. The molecule has 6 heteroatoms. The summed E-state index contributed by atoms with van der Waals surface area (Å²) in [6.07, 6.45) is 0. The number of aromatic nitrogens is 2. The average Bonchev–Trinajstić information content (AvgIpc) is 2.20. The summed E-state index contributed by atoms with van der Waals surface area (Å²) in [4.78, 5) is 15.9. The molecule has 2 rings (SSSR count). The molecule has 0 aliphatic carbocycles. The number of nitrogens with zero attached hydrogens (tertiary/aromatic N) is 2. The zero-order valence-corrected chi connectivity index (χ0v) is 9.09. The minimum absolute atomic E-state index is 0.00683. The van der Waals surface area contributed by atoms with Gasteiger partial charge in [-0.05, 0) is 23.7 Å². The topological polar surface area (TPSA) is 60.9 Å². The highest BCUT2D eigenvalue weighted by Crippen LogP contribution is 2.20. The summed E-state index contributed by atoms with van der Waals surface area (Å²) in [5.41, 5.74) is 5.51. The van der Waals surface area contributed by atoms with Gasteiger partial charge in [-0.3, -0.25) is 9.36 Å². The SMILES string of the molecule is NCn1c(Cl)nc2c(Cl)cccc2c1=O. The molecule has 0 aliphatic rings. The molecule has 0 fully saturated rings. The fourth-order valence-corrected chi connectivity index (χ4v) is 1.79. The van der Waals surface area contributed by atoms with Gasteiger partial charge in [-0.25, -0.2) is 4.98 Å². The zero-order chi connectivity index (χ0) is 11.0. The van der Waals surface area contributed by atoms with Gasteiger partial charge >= 0.3 is 0 Å². The van der Waals surface area contributed by atoms with Gasteiger partial charge in [0.25, 0.3) is 5.56 Å². The van der Waals surface area contributed by atoms with Crippen LogP contribution in [0.4, 0.5) is 0 Å². The largest absolute Gasteiger partial charge is 0.313 e. The van der Waals surface area contributed by atoms with E-state index in [1.54, 1.807) is 18.2 Å². The maximum absolute atomic E-state index is 11.8. The Morgan fingerprint density at radius 2 is 2.13 bits per heavy atom. The molecule has 1 aromatic carbocycles. The summed E-state index contributed by atoms with van der Waals surface area (Å²) < 4.78 is 1.18. The van der Waals surface area contributed by atoms with Crippen molar-refractivity contribution >= 4 is 34.1 Å². The molecular formula is C9H7Cl2N3O. The second-order valence-corrected chi connectivity index (χ2v) is 3.68. The van der Waals surface area contributed by atoms with Crippen LogP contribution in [0.1, 0.15) is 0 Å². The number of nitrogens with two attached hydrogens (primary N) is 1. The van der Waals surface area contributed by atoms with Crippen molar-refractivity contribution in [2.24, 2.45) is 5.73 Å². The first kappa shape index (κ1) is 10.4. The molecule has 0 bridgehead atoms. The summed E-state index contributed by atoms with van der Waals surface area (Å²) in [7, 11) is 0. The lowest BCUT2D eigenvalue weighted by Gasteiger charge is -2.06. The fraction of sp³-hybridized carbons (Fsp3) is 0.111. The van der Waals surface area contributed by atoms with Crippen LogP contribution in [0.25, 0.3) is 10.9 Å². The van der Waals surface area contributed by atoms with Crippen molar-refractivity contribution in [2.75, 3.05) is 0 Å². The Morgan fingerprint density at radius 3 is 2.80 bits per heavy atom. The Kier molecular flexibility index (Phi) is 2.65. The quantitative estimate of drug-likeness (QED) is 0.775. The monoisotopic (exact) mass is 243 g/mol. The van der Waals surface area contributed by atoms with Gasteiger partial charge in [0.15, 0.2) is 0 Å². The molecule has 2 N–H and O–H groups in total. The van der Waals surface area contributed by atoms with E-state index in [-0.39, 0.29) is 17.5 Å². The average molecular weight is 244 g/mol. The van der Waals surface area contributed by atoms with Crippen LogP contribution in [0, 0.1) is 0 Å². The molecule has 1 aromatic heterocycles. The number of hydrogen-bond acceptors (Lipinski definition) is 3. The van der Waals surface area contributed by atoms with E-state index in [2.05, 4.69) is 4.98 Å². The molecule has 0 radical (unpaired) electrons. The molecule has 0 atom stereocenters. The normalized spacial score (nSPS) is 10.9. The van der Waals surface area contributed by atoms with Crippen molar-refractivity contribution in [3.8, 4) is 0 Å². The summed E-state index contributed by atoms with van der Waals surface area (Å²) >= 11 is 11.7. The van der Waals surface area contributed by atoms with Gasteiger partial charge in [0, 0.05) is 0 Å². The van der Waals surface area contributed by atoms with Crippen molar-refractivity contribution in [1.82, 2.24) is 9.55 Å². The molecule has 0 aliphatic heterocycles. The highest BCUT2D eigenvalue weighted by molar-refractivity contribution is 6.35. The highest BCUT2D eigenvalue weighted by Gasteiger charge is 2.09. The summed E-state index contributed by atoms with van der Waals surface area (Å²) in [5, 5.41) is 0.858. The van der Waals surface area contributed by atoms with Gasteiger partial charge in [0.1, 0.15) is 0 Å². The second-order valence-electron chi connectivity index (χ2n) is 2.93. The van der Waals surface area contributed by atoms with E-state index < -0.39 is 0 Å². The fourth-order valence-electron chi connectivity index (χ4n) is 1.34. The van der Waals surface area contributed by atoms with E-state index in [1.807, 2.05) is 0 Å². The van der Waals surface area contributed by atoms with Gasteiger partial charge < -0.3 is 5.73 Å². The van der Waals surface area contributed by atoms with Crippen LogP contribution < -0.4 is 11.3 Å². The lowest BCUT2D eigenvalue weighted by Crippen LogP contribution is -2.25. The molecule has 0 saturated heterocycles. The number of rotatable bonds is 1. The Morgan fingerprint density at radius 1 is 1.40 bits per heavy atom. The van der Waals surface area contributed by atoms with Crippen molar-refractivity contribution in [3.05, 3.63) is 38.9 Å². The minimum atomic E-state index is -0.282. The van der Waals surface area contributed by atoms with E-state index >= 15 is 0 Å². The first-order valence-corrected chi connectivity index (χ1v) is 4.95. The molecular weight excluding hydrogens is 237 g/mol. The molecule has 0 spiro atoms. The Hall–Kier alpha value is -1.10. The van der Waals surface area contributed by atoms with Gasteiger partial charge in [-0.1, -0.05) is 17.7 Å². The summed E-state index contributed by atoms with van der Waals surface area (Å²) in [5.74, 6) is 0. The molecule has 4 nitrogen and oxygen atoms in total. The van der Waals surface area contributed by atoms with Crippen LogP contribution in [0.5, 0.6) is 0 Å². The molecule has 2 aromatic rings. The highest BCUT2D eigenvalue weighted by atomic mass is 35.5. The van der Waals surface area contributed by atoms with Crippen molar-refractivity contribution in [1.29, 1.82) is 0 Å². The van der Waals surface area contributed by atoms with Crippen LogP contribution in [-0.4, -0.2) is 9.55 Å². The van der Waals surface area contributed by atoms with Gasteiger partial charge in [-0.15, -0.1) is 0 Å². The van der Waals surface area contributed by atoms with Gasteiger partial charge in [0.2, 0.25) is 5.28 Å². The third kappa shape index (κ3) is 1.61. The smallest absolute Gasteiger partial charge is 0.263 e. The van der Waals surface area contributed by atoms with Crippen LogP contribution in [-0.2, 0) is 6.67 Å². The third-order valence-corrected chi connectivity index (χ3v) is 2.67. The van der Waals surface area contributed by atoms with E-state index in [4.69, 9.17) is 28.9 Å². The first-order valence-electron chi connectivity index (χ1n) is 4.20. The van der Waals surface area contributed by atoms with Crippen LogP contribution in [0.15, 0.2) is 23.0 Å². The molecule has 0 unspecified atom stereocenters. The Labute approximate surface area is 95.2 Å². The first-order chi connectivity index (χ1) is 7.15. The Balaban J connectivity index is 2.98. The predicted octanol–water partition coefficient (Wildman–Crippen LogP) is 1.62. The van der Waals surface area contributed by atoms with E-state index in [0.29, 0.717) is 15.9 Å². The lowest BCUT2D eigenvalue weighted by molar-refractivity contribution is 0.693. The lowest BCUT2D eigenvalue weighted by atomic mass is 10.2. The molecule has 15 heavy (non-hydrogen) atoms. The van der Waals surface area contributed by atoms with E-state index in [9.17, 15) is 4.79 Å². The van der Waals surface area contributed by atoms with Crippen LogP contribution >= 0.6 is 23.2 Å². The van der Waals surface area contributed by atoms with Crippen LogP contribution in [0.2, 0.25) is 10.3 Å². The van der Waals surface area contributed by atoms with Gasteiger partial charge in [0.05, 0.1) is 22.6 Å². The van der Waals surface area contributed by atoms with Crippen LogP contribution in [0.3, 0.4) is 0 Å². The Bertz CT molecular complexity index is 579. The summed E-state index contributed by atoms with van der Waals surface area (Å²) in [6.45, 7) is -0.00683. The zero-order valence-electron chi connectivity index (χ0n) is 7.58. The third-order valence-electron chi connectivity index (χ3n) is 2.07. The number of hydrogen-bond donors (Lipinski definition) is 1. The molecule has 1 heterocycles. The maximum atomic E-state index is 11.8. The second kappa shape index (κ2) is 3.81. The maximum Gasteiger partial charge on any atom is 0.263 e. The van der Waals surface area contributed by atoms with Gasteiger partial charge in [-0.2, -0.15) is 0 Å². The summed E-state index contributed by atoms with van der Waals surface area (Å²) in [6, 6.07) is 4.97. The minimum Gasteiger partial charge on any atom is -0.313 e. The molecule has 78 valence electrons. The van der Waals surface area contributed by atoms with Crippen molar-refractivity contribution in [3.63, 3.8) is 0 Å². The number of halogens is 2. The molecule has 0 saturated carbocycles. The standard InChI is InChI=1S/C9H7Cl2N3O/c10-6-3-1-2-5-7(6)13-9(11)14(4-12)8(5)15/h1-3H,4,12H2. The number of para-hydroxylation sites is 1. The number of benzene rings is 1.